The van der Waals surface area contributed by atoms with Gasteiger partial charge in [-0.1, -0.05) is 332 Å². The van der Waals surface area contributed by atoms with Crippen LogP contribution in [0.25, 0.3) is 223 Å². The van der Waals surface area contributed by atoms with Gasteiger partial charge in [-0.25, -0.2) is 0 Å². The van der Waals surface area contributed by atoms with E-state index in [0.29, 0.717) is 0 Å². The Morgan fingerprint density at radius 2 is 0.331 bits per heavy atom. The van der Waals surface area contributed by atoms with Crippen LogP contribution in [-0.2, 0) is 40.2 Å². The molecule has 0 atom stereocenters. The second-order valence-electron chi connectivity index (χ2n) is 32.9. The van der Waals surface area contributed by atoms with Crippen LogP contribution in [-0.4, -0.2) is 29.9 Å². The topological polar surface area (TPSA) is 77.3 Å². The molecule has 136 heavy (non-hydrogen) atoms. The molecule has 0 bridgehead atoms. The van der Waals surface area contributed by atoms with Crippen molar-refractivity contribution in [1.82, 2.24) is 29.9 Å². The third kappa shape index (κ3) is 18.6. The normalized spacial score (nSPS) is 10.9. The Hall–Kier alpha value is -16.7. The Balaban J connectivity index is 0.00000572. The molecule has 8 heteroatoms. The number of hydrogen-bond acceptors (Lipinski definition) is 6. The maximum absolute atomic E-state index is 4.85. The fraction of sp³-hybridized carbons (Fsp3) is 0. The first kappa shape index (κ1) is 87.3. The molecule has 0 radical (unpaired) electrons. The summed E-state index contributed by atoms with van der Waals surface area (Å²) in [4.78, 5) is 28.3. The van der Waals surface area contributed by atoms with E-state index in [-0.39, 0.29) is 40.2 Å². The predicted molar refractivity (Wildman–Crippen MR) is 547 cm³/mol. The van der Waals surface area contributed by atoms with Gasteiger partial charge in [0.05, 0.1) is 0 Å². The minimum Gasteiger partial charge on any atom is -0.305 e. The van der Waals surface area contributed by atoms with E-state index >= 15 is 0 Å². The van der Waals surface area contributed by atoms with Crippen LogP contribution >= 0.6 is 0 Å². The number of rotatable bonds is 20. The molecule has 638 valence electrons. The van der Waals surface area contributed by atoms with E-state index in [1.54, 1.807) is 0 Å². The molecule has 0 fully saturated rings. The molecule has 0 N–H and O–H groups in total. The number of benzene rings is 16. The van der Waals surface area contributed by atoms with Gasteiger partial charge in [-0.05, 0) is 209 Å². The van der Waals surface area contributed by atoms with Gasteiger partial charge in [-0.2, -0.15) is 0 Å². The third-order valence-electron chi connectivity index (χ3n) is 24.7. The molecule has 6 nitrogen and oxygen atoms in total. The van der Waals surface area contributed by atoms with Crippen molar-refractivity contribution in [3.63, 3.8) is 0 Å². The first-order valence-corrected chi connectivity index (χ1v) is 44.7. The number of aromatic nitrogens is 6. The number of nitrogens with zero attached hydrogens (tertiary/aromatic N) is 6. The van der Waals surface area contributed by atoms with Crippen LogP contribution < -0.4 is 0 Å². The summed E-state index contributed by atoms with van der Waals surface area (Å²) in [6.07, 6.45) is 11.0. The maximum Gasteiger partial charge on any atom is 3.00 e. The second-order valence-corrected chi connectivity index (χ2v) is 32.9. The largest absolute Gasteiger partial charge is 3.00 e. The molecular formula is C128H78Ir2N6. The molecule has 6 heterocycles. The number of pyridine rings is 6. The molecule has 6 aromatic heterocycles. The van der Waals surface area contributed by atoms with E-state index in [1.807, 2.05) is 146 Å². The second kappa shape index (κ2) is 40.2. The molecule has 0 spiro atoms. The summed E-state index contributed by atoms with van der Waals surface area (Å²) < 4.78 is 0. The zero-order valence-corrected chi connectivity index (χ0v) is 78.2. The Morgan fingerprint density at radius 3 is 0.544 bits per heavy atom. The monoisotopic (exact) mass is 2080 g/mol. The summed E-state index contributed by atoms with van der Waals surface area (Å²) in [6, 6.07) is 176. The third-order valence-corrected chi connectivity index (χ3v) is 24.7. The molecule has 0 aliphatic rings. The smallest absolute Gasteiger partial charge is 0.305 e. The minimum absolute atomic E-state index is 0. The van der Waals surface area contributed by atoms with E-state index < -0.39 is 0 Å². The summed E-state index contributed by atoms with van der Waals surface area (Å²) in [5.41, 5.74) is 42.1. The zero-order valence-electron chi connectivity index (χ0n) is 73.4. The van der Waals surface area contributed by atoms with Crippen molar-refractivity contribution in [3.8, 4) is 235 Å². The molecule has 22 aromatic rings. The van der Waals surface area contributed by atoms with Crippen molar-refractivity contribution < 1.29 is 40.2 Å². The van der Waals surface area contributed by atoms with E-state index in [1.165, 1.54) is 0 Å². The van der Waals surface area contributed by atoms with Crippen LogP contribution in [0.5, 0.6) is 0 Å². The minimum atomic E-state index is 0. The van der Waals surface area contributed by atoms with Crippen LogP contribution in [0, 0.1) is 48.2 Å². The van der Waals surface area contributed by atoms with Gasteiger partial charge in [0.25, 0.3) is 0 Å². The average molecular weight is 2080 g/mol. The van der Waals surface area contributed by atoms with Crippen molar-refractivity contribution >= 4 is 0 Å². The number of hydrogen-bond donors (Lipinski definition) is 0. The van der Waals surface area contributed by atoms with Crippen LogP contribution in [0.2, 0.25) is 0 Å². The molecular weight excluding hydrogens is 2010 g/mol. The van der Waals surface area contributed by atoms with E-state index in [4.69, 9.17) is 9.97 Å². The van der Waals surface area contributed by atoms with Gasteiger partial charge in [-0.3, -0.25) is 0 Å². The summed E-state index contributed by atoms with van der Waals surface area (Å²) >= 11 is 0. The van der Waals surface area contributed by atoms with Crippen LogP contribution in [0.15, 0.2) is 474 Å². The Bertz CT molecular complexity index is 7310. The molecule has 0 saturated carbocycles. The van der Waals surface area contributed by atoms with Gasteiger partial charge in [0, 0.05) is 48.3 Å². The summed E-state index contributed by atoms with van der Waals surface area (Å²) in [5, 5.41) is 0. The summed E-state index contributed by atoms with van der Waals surface area (Å²) in [7, 11) is 0. The first-order valence-electron chi connectivity index (χ1n) is 44.7. The SMILES string of the molecule is C(#Cc1ccc(-c2cc(-c3ccccn3)[c-]cc2-c2ccccc2-c2cc(-c3ccccc3-c3c[c-]c(-c4ccccn4)cc3)cc(-c3ccccc3-c3c[c-]c(-c4ccccn4)cc3)c2)cc1)c1ccc(-c2cc(-c3ccccn3)[c-]cc2-c2ccccc2-c2cc(-c3ccccc3-c3c[c-]c(-c4ccccn4)cc3)cc(-c3ccccc3-c3c[c-]c(-c4ccccn4)cc3)c2)cc1.[Ir+3].[Ir+3]. The van der Waals surface area contributed by atoms with Crippen LogP contribution in [0.1, 0.15) is 11.1 Å². The van der Waals surface area contributed by atoms with Gasteiger partial charge in [-0.15, -0.1) is 167 Å². The predicted octanol–water partition coefficient (Wildman–Crippen LogP) is 31.6. The van der Waals surface area contributed by atoms with Crippen molar-refractivity contribution in [1.29, 1.82) is 0 Å². The Morgan fingerprint density at radius 1 is 0.140 bits per heavy atom. The molecule has 0 aliphatic carbocycles. The van der Waals surface area contributed by atoms with E-state index in [9.17, 15) is 0 Å². The van der Waals surface area contributed by atoms with Gasteiger partial charge in [0.15, 0.2) is 0 Å². The standard InChI is InChI=1S/C128H78N6.2Ir/c1-5-29-111(107(25-1)89-53-61-95(62-54-89)123-37-13-19-73-129-123)101-79-102(112-30-6-2-26-108(112)90-55-63-96(64-56-90)124-38-14-20-74-130-124)82-105(81-101)115-33-9-11-35-117(115)119-71-69-99(127-41-17-23-77-133-127)85-121(119)93-49-45-87(46-50-93)43-44-88-47-51-94(52-48-88)122-86-100(128-42-18-24-78-134-128)70-72-120(122)118-36-12-10-34-116(118)106-83-103(113-31-7-3-27-109(113)91-57-65-97(66-58-91)125-39-15-21-75-131-125)80-104(84-106)114-32-8-4-28-110(114)92-59-67-98(68-60-92)126-40-16-22-76-132-126;;/h1-42,45-61,63,65,67,71-86H;;/q-6;2*+3. The summed E-state index contributed by atoms with van der Waals surface area (Å²) in [5.74, 6) is 7.14. The van der Waals surface area contributed by atoms with Crippen molar-refractivity contribution in [2.45, 2.75) is 0 Å². The van der Waals surface area contributed by atoms with Gasteiger partial charge >= 0.3 is 40.2 Å². The molecule has 22 rings (SSSR count). The Labute approximate surface area is 820 Å². The molecule has 16 aromatic carbocycles. The fourth-order valence-corrected chi connectivity index (χ4v) is 18.0. The van der Waals surface area contributed by atoms with Gasteiger partial charge < -0.3 is 29.9 Å². The van der Waals surface area contributed by atoms with Crippen molar-refractivity contribution in [3.05, 3.63) is 521 Å². The first-order chi connectivity index (χ1) is 66.4. The molecule has 0 amide bonds. The van der Waals surface area contributed by atoms with E-state index in [2.05, 4.69) is 396 Å². The van der Waals surface area contributed by atoms with Gasteiger partial charge in [0.2, 0.25) is 0 Å². The summed E-state index contributed by atoms with van der Waals surface area (Å²) in [6.45, 7) is 0. The fourth-order valence-electron chi connectivity index (χ4n) is 18.0. The van der Waals surface area contributed by atoms with Crippen LogP contribution in [0.3, 0.4) is 0 Å². The molecule has 0 unspecified atom stereocenters. The van der Waals surface area contributed by atoms with Crippen molar-refractivity contribution in [2.75, 3.05) is 0 Å². The average Bonchev–Trinajstić information content (AvgIpc) is 0.758. The zero-order chi connectivity index (χ0) is 89.3. The van der Waals surface area contributed by atoms with Crippen LogP contribution in [0.4, 0.5) is 0 Å². The van der Waals surface area contributed by atoms with Gasteiger partial charge in [0.1, 0.15) is 0 Å². The maximum atomic E-state index is 4.85. The Kier molecular flexibility index (Phi) is 25.8. The molecule has 0 aliphatic heterocycles. The quantitative estimate of drug-likeness (QED) is 0.0559. The molecule has 0 saturated heterocycles. The van der Waals surface area contributed by atoms with E-state index in [0.717, 1.165) is 234 Å². The van der Waals surface area contributed by atoms with Crippen molar-refractivity contribution in [2.24, 2.45) is 0 Å².